The second-order valence-corrected chi connectivity index (χ2v) is 2.69. The summed E-state index contributed by atoms with van der Waals surface area (Å²) in [5, 5.41) is 0. The van der Waals surface area contributed by atoms with E-state index in [0.717, 1.165) is 32.6 Å². The van der Waals surface area contributed by atoms with Gasteiger partial charge in [-0.05, 0) is 26.1 Å². The van der Waals surface area contributed by atoms with Gasteiger partial charge in [0.15, 0.2) is 0 Å². The first-order valence-corrected chi connectivity index (χ1v) is 4.44. The van der Waals surface area contributed by atoms with E-state index in [1.54, 1.807) is 0 Å². The molecular formula is C8H21N3. The summed E-state index contributed by atoms with van der Waals surface area (Å²) in [6, 6.07) is 0.481. The molecule has 68 valence electrons. The molecule has 0 saturated heterocycles. The van der Waals surface area contributed by atoms with Crippen LogP contribution in [0, 0.1) is 0 Å². The number of rotatable bonds is 6. The summed E-state index contributed by atoms with van der Waals surface area (Å²) in [7, 11) is 0. The third-order valence-electron chi connectivity index (χ3n) is 2.10. The van der Waals surface area contributed by atoms with Gasteiger partial charge < -0.3 is 11.5 Å². The van der Waals surface area contributed by atoms with Crippen LogP contribution in [0.1, 0.15) is 20.3 Å². The Morgan fingerprint density at radius 1 is 1.18 bits per heavy atom. The summed E-state index contributed by atoms with van der Waals surface area (Å²) in [6.07, 6.45) is 1.01. The first-order valence-electron chi connectivity index (χ1n) is 4.44. The van der Waals surface area contributed by atoms with Crippen LogP contribution in [0.4, 0.5) is 0 Å². The highest BCUT2D eigenvalue weighted by Gasteiger charge is 2.11. The summed E-state index contributed by atoms with van der Waals surface area (Å²) in [5.41, 5.74) is 11.1. The Hall–Kier alpha value is -0.120. The minimum atomic E-state index is 0.481. The predicted molar refractivity (Wildman–Crippen MR) is 49.4 cm³/mol. The molecule has 0 saturated carbocycles. The summed E-state index contributed by atoms with van der Waals surface area (Å²) in [5.74, 6) is 0. The van der Waals surface area contributed by atoms with Crippen molar-refractivity contribution in [1.29, 1.82) is 0 Å². The monoisotopic (exact) mass is 159 g/mol. The van der Waals surface area contributed by atoms with E-state index in [9.17, 15) is 0 Å². The molecule has 0 spiro atoms. The fourth-order valence-corrected chi connectivity index (χ4v) is 1.38. The lowest BCUT2D eigenvalue weighted by Crippen LogP contribution is -2.41. The van der Waals surface area contributed by atoms with Crippen molar-refractivity contribution in [3.8, 4) is 0 Å². The van der Waals surface area contributed by atoms with Crippen LogP contribution in [0.25, 0.3) is 0 Å². The zero-order valence-corrected chi connectivity index (χ0v) is 7.71. The van der Waals surface area contributed by atoms with E-state index in [1.807, 2.05) is 0 Å². The lowest BCUT2D eigenvalue weighted by Gasteiger charge is -2.27. The molecule has 0 aliphatic rings. The quantitative estimate of drug-likeness (QED) is 0.574. The lowest BCUT2D eigenvalue weighted by molar-refractivity contribution is 0.213. The van der Waals surface area contributed by atoms with Crippen molar-refractivity contribution in [3.63, 3.8) is 0 Å². The fourth-order valence-electron chi connectivity index (χ4n) is 1.38. The SMILES string of the molecule is CCN(CC)C(CN)CCN. The van der Waals surface area contributed by atoms with Gasteiger partial charge in [-0.2, -0.15) is 0 Å². The highest BCUT2D eigenvalue weighted by Crippen LogP contribution is 2.00. The van der Waals surface area contributed by atoms with Crippen molar-refractivity contribution in [2.24, 2.45) is 11.5 Å². The van der Waals surface area contributed by atoms with E-state index in [0.29, 0.717) is 6.04 Å². The molecule has 0 bridgehead atoms. The first-order chi connectivity index (χ1) is 5.29. The van der Waals surface area contributed by atoms with E-state index in [2.05, 4.69) is 18.7 Å². The molecule has 0 rings (SSSR count). The van der Waals surface area contributed by atoms with E-state index >= 15 is 0 Å². The van der Waals surface area contributed by atoms with Gasteiger partial charge in [-0.15, -0.1) is 0 Å². The van der Waals surface area contributed by atoms with Gasteiger partial charge in [-0.25, -0.2) is 0 Å². The second-order valence-electron chi connectivity index (χ2n) is 2.69. The van der Waals surface area contributed by atoms with Crippen molar-refractivity contribution in [2.45, 2.75) is 26.3 Å². The molecule has 1 atom stereocenters. The van der Waals surface area contributed by atoms with Crippen LogP contribution < -0.4 is 11.5 Å². The number of nitrogens with zero attached hydrogens (tertiary/aromatic N) is 1. The number of nitrogens with two attached hydrogens (primary N) is 2. The first kappa shape index (κ1) is 10.9. The largest absolute Gasteiger partial charge is 0.330 e. The van der Waals surface area contributed by atoms with Gasteiger partial charge in [0.2, 0.25) is 0 Å². The Balaban J connectivity index is 3.76. The predicted octanol–water partition coefficient (Wildman–Crippen LogP) is 0.00430. The van der Waals surface area contributed by atoms with Crippen molar-refractivity contribution >= 4 is 0 Å². The summed E-state index contributed by atoms with van der Waals surface area (Å²) in [6.45, 7) is 7.90. The molecule has 1 unspecified atom stereocenters. The maximum Gasteiger partial charge on any atom is 0.0230 e. The molecule has 3 heteroatoms. The van der Waals surface area contributed by atoms with Crippen LogP contribution >= 0.6 is 0 Å². The Bertz CT molecular complexity index is 81.4. The third kappa shape index (κ3) is 3.70. The van der Waals surface area contributed by atoms with Gasteiger partial charge in [0.25, 0.3) is 0 Å². The molecule has 0 amide bonds. The minimum Gasteiger partial charge on any atom is -0.330 e. The molecule has 0 aromatic rings. The molecule has 3 nitrogen and oxygen atoms in total. The molecule has 0 aliphatic heterocycles. The highest BCUT2D eigenvalue weighted by molar-refractivity contribution is 4.70. The van der Waals surface area contributed by atoms with E-state index in [4.69, 9.17) is 11.5 Å². The number of likely N-dealkylation sites (N-methyl/N-ethyl adjacent to an activating group) is 1. The Morgan fingerprint density at radius 2 is 1.73 bits per heavy atom. The van der Waals surface area contributed by atoms with E-state index in [-0.39, 0.29) is 0 Å². The number of hydrogen-bond donors (Lipinski definition) is 2. The molecular weight excluding hydrogens is 138 g/mol. The Kier molecular flexibility index (Phi) is 6.51. The topological polar surface area (TPSA) is 55.3 Å². The smallest absolute Gasteiger partial charge is 0.0230 e. The standard InChI is InChI=1S/C8H21N3/c1-3-11(4-2)8(7-10)5-6-9/h8H,3-7,9-10H2,1-2H3. The third-order valence-corrected chi connectivity index (χ3v) is 2.10. The molecule has 11 heavy (non-hydrogen) atoms. The fraction of sp³-hybridized carbons (Fsp3) is 1.00. The summed E-state index contributed by atoms with van der Waals surface area (Å²) in [4.78, 5) is 2.35. The van der Waals surface area contributed by atoms with Crippen LogP contribution in [-0.2, 0) is 0 Å². The zero-order chi connectivity index (χ0) is 8.69. The van der Waals surface area contributed by atoms with Crippen LogP contribution in [0.5, 0.6) is 0 Å². The van der Waals surface area contributed by atoms with Gasteiger partial charge in [-0.3, -0.25) is 4.90 Å². The lowest BCUT2D eigenvalue weighted by atomic mass is 10.2. The molecule has 0 aromatic heterocycles. The average molecular weight is 159 g/mol. The molecule has 0 radical (unpaired) electrons. The van der Waals surface area contributed by atoms with Gasteiger partial charge >= 0.3 is 0 Å². The molecule has 0 aromatic carbocycles. The molecule has 0 heterocycles. The average Bonchev–Trinajstić information content (AvgIpc) is 2.05. The van der Waals surface area contributed by atoms with Crippen molar-refractivity contribution in [1.82, 2.24) is 4.90 Å². The normalized spacial score (nSPS) is 13.9. The van der Waals surface area contributed by atoms with Gasteiger partial charge in [0.05, 0.1) is 0 Å². The zero-order valence-electron chi connectivity index (χ0n) is 7.71. The van der Waals surface area contributed by atoms with Gasteiger partial charge in [-0.1, -0.05) is 13.8 Å². The van der Waals surface area contributed by atoms with Crippen LogP contribution in [-0.4, -0.2) is 37.1 Å². The van der Waals surface area contributed by atoms with Crippen LogP contribution in [0.3, 0.4) is 0 Å². The van der Waals surface area contributed by atoms with Crippen LogP contribution in [0.15, 0.2) is 0 Å². The molecule has 0 fully saturated rings. The Morgan fingerprint density at radius 3 is 2.00 bits per heavy atom. The second kappa shape index (κ2) is 6.58. The van der Waals surface area contributed by atoms with Crippen LogP contribution in [0.2, 0.25) is 0 Å². The van der Waals surface area contributed by atoms with Gasteiger partial charge in [0.1, 0.15) is 0 Å². The van der Waals surface area contributed by atoms with Crippen molar-refractivity contribution in [2.75, 3.05) is 26.2 Å². The molecule has 0 aliphatic carbocycles. The maximum absolute atomic E-state index is 5.61. The molecule has 4 N–H and O–H groups in total. The maximum atomic E-state index is 5.61. The summed E-state index contributed by atoms with van der Waals surface area (Å²) < 4.78 is 0. The minimum absolute atomic E-state index is 0.481. The van der Waals surface area contributed by atoms with E-state index < -0.39 is 0 Å². The summed E-state index contributed by atoms with van der Waals surface area (Å²) >= 11 is 0. The number of hydrogen-bond acceptors (Lipinski definition) is 3. The van der Waals surface area contributed by atoms with E-state index in [1.165, 1.54) is 0 Å². The van der Waals surface area contributed by atoms with Crippen molar-refractivity contribution in [3.05, 3.63) is 0 Å². The van der Waals surface area contributed by atoms with Crippen molar-refractivity contribution < 1.29 is 0 Å². The highest BCUT2D eigenvalue weighted by atomic mass is 15.2. The van der Waals surface area contributed by atoms with Gasteiger partial charge in [0, 0.05) is 12.6 Å². The Labute approximate surface area is 69.7 Å².